The lowest BCUT2D eigenvalue weighted by Crippen LogP contribution is -2.49. The summed E-state index contributed by atoms with van der Waals surface area (Å²) in [5, 5.41) is 10.6. The number of thiazole rings is 1. The number of nitrogens with one attached hydrogen (secondary N) is 3. The number of piperazine rings is 1. The van der Waals surface area contributed by atoms with Gasteiger partial charge < -0.3 is 20.9 Å². The van der Waals surface area contributed by atoms with Gasteiger partial charge in [0.05, 0.1) is 16.9 Å². The maximum absolute atomic E-state index is 12.6. The maximum atomic E-state index is 12.6. The van der Waals surface area contributed by atoms with Gasteiger partial charge in [0.1, 0.15) is 16.5 Å². The number of hydrogen-bond acceptors (Lipinski definition) is 7. The highest BCUT2D eigenvalue weighted by atomic mass is 35.5. The molecule has 1 amide bonds. The molecule has 0 aliphatic carbocycles. The Labute approximate surface area is 184 Å². The lowest BCUT2D eigenvalue weighted by Gasteiger charge is -2.32. The van der Waals surface area contributed by atoms with E-state index in [1.54, 1.807) is 12.3 Å². The molecule has 0 saturated carbocycles. The summed E-state index contributed by atoms with van der Waals surface area (Å²) in [6.07, 6.45) is 1.55. The molecule has 1 aromatic carbocycles. The molecule has 3 aromatic rings. The van der Waals surface area contributed by atoms with Crippen LogP contribution in [0.4, 0.5) is 22.5 Å². The monoisotopic (exact) mass is 442 g/mol. The van der Waals surface area contributed by atoms with Crippen molar-refractivity contribution in [2.45, 2.75) is 19.9 Å². The van der Waals surface area contributed by atoms with Crippen molar-refractivity contribution in [3.63, 3.8) is 0 Å². The number of carbonyl (C=O) groups is 1. The minimum Gasteiger partial charge on any atom is -0.354 e. The Bertz CT molecular complexity index is 1040. The van der Waals surface area contributed by atoms with Gasteiger partial charge >= 0.3 is 0 Å². The number of aromatic nitrogens is 2. The quantitative estimate of drug-likeness (QED) is 0.546. The zero-order valence-corrected chi connectivity index (χ0v) is 18.3. The number of anilines is 4. The van der Waals surface area contributed by atoms with Gasteiger partial charge in [-0.15, -0.1) is 0 Å². The highest BCUT2D eigenvalue weighted by molar-refractivity contribution is 7.17. The molecule has 9 heteroatoms. The SMILES string of the molecule is Cc1cccc(Cl)c1NC(=O)c1cnc(Nc2cccc(N3CCNC(C)C3)n2)s1. The number of para-hydroxylation sites is 1. The van der Waals surface area contributed by atoms with E-state index in [9.17, 15) is 4.79 Å². The van der Waals surface area contributed by atoms with Crippen LogP contribution in [0.2, 0.25) is 5.02 Å². The van der Waals surface area contributed by atoms with Crippen molar-refractivity contribution < 1.29 is 4.79 Å². The molecule has 0 bridgehead atoms. The van der Waals surface area contributed by atoms with Gasteiger partial charge in [0, 0.05) is 25.7 Å². The number of aryl methyl sites for hydroxylation is 1. The Hall–Kier alpha value is -2.68. The molecule has 1 aliphatic rings. The minimum absolute atomic E-state index is 0.242. The van der Waals surface area contributed by atoms with Crippen LogP contribution in [0.1, 0.15) is 22.2 Å². The lowest BCUT2D eigenvalue weighted by atomic mass is 10.2. The van der Waals surface area contributed by atoms with Crippen LogP contribution in [-0.4, -0.2) is 41.6 Å². The third-order valence-electron chi connectivity index (χ3n) is 4.85. The highest BCUT2D eigenvalue weighted by Gasteiger charge is 2.18. The van der Waals surface area contributed by atoms with Crippen LogP contribution in [0.5, 0.6) is 0 Å². The van der Waals surface area contributed by atoms with E-state index in [2.05, 4.69) is 32.8 Å². The first-order valence-corrected chi connectivity index (χ1v) is 10.9. The summed E-state index contributed by atoms with van der Waals surface area (Å²) in [5.41, 5.74) is 1.52. The van der Waals surface area contributed by atoms with Crippen LogP contribution in [0, 0.1) is 6.92 Å². The molecule has 7 nitrogen and oxygen atoms in total. The van der Waals surface area contributed by atoms with Crippen LogP contribution in [0.25, 0.3) is 0 Å². The second-order valence-corrected chi connectivity index (χ2v) is 8.66. The van der Waals surface area contributed by atoms with Crippen molar-refractivity contribution >= 4 is 51.3 Å². The van der Waals surface area contributed by atoms with Gasteiger partial charge in [0.15, 0.2) is 5.13 Å². The van der Waals surface area contributed by atoms with E-state index in [0.717, 1.165) is 31.0 Å². The second kappa shape index (κ2) is 8.99. The van der Waals surface area contributed by atoms with Crippen LogP contribution >= 0.6 is 22.9 Å². The first-order valence-electron chi connectivity index (χ1n) is 9.74. The summed E-state index contributed by atoms with van der Waals surface area (Å²) in [6, 6.07) is 11.8. The van der Waals surface area contributed by atoms with Crippen molar-refractivity contribution in [3.8, 4) is 0 Å². The molecule has 3 N–H and O–H groups in total. The normalized spacial score (nSPS) is 16.4. The number of benzene rings is 1. The Kier molecular flexibility index (Phi) is 6.17. The Morgan fingerprint density at radius 3 is 2.93 bits per heavy atom. The molecule has 1 saturated heterocycles. The van der Waals surface area contributed by atoms with Crippen LogP contribution in [0.3, 0.4) is 0 Å². The van der Waals surface area contributed by atoms with Crippen molar-refractivity contribution in [2.24, 2.45) is 0 Å². The van der Waals surface area contributed by atoms with Crippen molar-refractivity contribution in [1.82, 2.24) is 15.3 Å². The molecule has 30 heavy (non-hydrogen) atoms. The Balaban J connectivity index is 1.44. The van der Waals surface area contributed by atoms with Gasteiger partial charge in [-0.05, 0) is 37.6 Å². The first kappa shape index (κ1) is 20.6. The van der Waals surface area contributed by atoms with Crippen molar-refractivity contribution in [1.29, 1.82) is 0 Å². The van der Waals surface area contributed by atoms with Crippen LogP contribution in [0.15, 0.2) is 42.6 Å². The van der Waals surface area contributed by atoms with E-state index in [4.69, 9.17) is 16.6 Å². The number of nitrogens with zero attached hydrogens (tertiary/aromatic N) is 3. The van der Waals surface area contributed by atoms with Gasteiger partial charge in [0.2, 0.25) is 0 Å². The van der Waals surface area contributed by atoms with Crippen LogP contribution < -0.4 is 20.9 Å². The molecule has 4 rings (SSSR count). The summed E-state index contributed by atoms with van der Waals surface area (Å²) >= 11 is 7.47. The van der Waals surface area contributed by atoms with E-state index in [1.807, 2.05) is 37.3 Å². The third-order valence-corrected chi connectivity index (χ3v) is 6.08. The molecule has 1 unspecified atom stereocenters. The fraction of sp³-hybridized carbons (Fsp3) is 0.286. The van der Waals surface area contributed by atoms with Crippen LogP contribution in [-0.2, 0) is 0 Å². The van der Waals surface area contributed by atoms with Crippen molar-refractivity contribution in [2.75, 3.05) is 35.2 Å². The van der Waals surface area contributed by atoms with Gasteiger partial charge in [-0.25, -0.2) is 9.97 Å². The summed E-state index contributed by atoms with van der Waals surface area (Å²) in [6.45, 7) is 6.85. The fourth-order valence-electron chi connectivity index (χ4n) is 3.32. The summed E-state index contributed by atoms with van der Waals surface area (Å²) < 4.78 is 0. The van der Waals surface area contributed by atoms with Crippen molar-refractivity contribution in [3.05, 3.63) is 58.1 Å². The molecule has 2 aromatic heterocycles. The average Bonchev–Trinajstić information content (AvgIpc) is 3.19. The van der Waals surface area contributed by atoms with Gasteiger partial charge in [-0.2, -0.15) is 0 Å². The number of amides is 1. The zero-order chi connectivity index (χ0) is 21.1. The number of hydrogen-bond donors (Lipinski definition) is 3. The zero-order valence-electron chi connectivity index (χ0n) is 16.8. The van der Waals surface area contributed by atoms with E-state index < -0.39 is 0 Å². The molecule has 1 atom stereocenters. The predicted octanol–water partition coefficient (Wildman–Crippen LogP) is 4.29. The lowest BCUT2D eigenvalue weighted by molar-refractivity contribution is 0.103. The highest BCUT2D eigenvalue weighted by Crippen LogP contribution is 2.28. The fourth-order valence-corrected chi connectivity index (χ4v) is 4.31. The van der Waals surface area contributed by atoms with Gasteiger partial charge in [0.25, 0.3) is 5.91 Å². The number of halogens is 1. The third kappa shape index (κ3) is 4.72. The molecule has 1 aliphatic heterocycles. The molecular formula is C21H23ClN6OS. The Morgan fingerprint density at radius 2 is 2.13 bits per heavy atom. The summed E-state index contributed by atoms with van der Waals surface area (Å²) in [7, 11) is 0. The molecule has 1 fully saturated rings. The van der Waals surface area contributed by atoms with E-state index in [-0.39, 0.29) is 5.91 Å². The minimum atomic E-state index is -0.242. The smallest absolute Gasteiger partial charge is 0.267 e. The standard InChI is InChI=1S/C21H23ClN6OS/c1-13-5-3-6-15(22)19(13)27-20(29)16-11-24-21(30-16)26-17-7-4-8-18(25-17)28-10-9-23-14(2)12-28/h3-8,11,14,23H,9-10,12H2,1-2H3,(H,27,29)(H,24,25,26). The molecule has 0 radical (unpaired) electrons. The predicted molar refractivity (Wildman–Crippen MR) is 123 cm³/mol. The molecule has 0 spiro atoms. The maximum Gasteiger partial charge on any atom is 0.267 e. The van der Waals surface area contributed by atoms with Gasteiger partial charge in [-0.1, -0.05) is 41.1 Å². The summed E-state index contributed by atoms with van der Waals surface area (Å²) in [5.74, 6) is 1.38. The number of rotatable bonds is 5. The van der Waals surface area contributed by atoms with E-state index in [0.29, 0.717) is 32.6 Å². The largest absolute Gasteiger partial charge is 0.354 e. The Morgan fingerprint density at radius 1 is 1.30 bits per heavy atom. The summed E-state index contributed by atoms with van der Waals surface area (Å²) in [4.78, 5) is 24.4. The number of carbonyl (C=O) groups excluding carboxylic acids is 1. The molecular weight excluding hydrogens is 420 g/mol. The van der Waals surface area contributed by atoms with E-state index in [1.165, 1.54) is 11.3 Å². The number of pyridine rings is 1. The molecule has 3 heterocycles. The molecule has 156 valence electrons. The topological polar surface area (TPSA) is 82.2 Å². The van der Waals surface area contributed by atoms with E-state index >= 15 is 0 Å². The first-order chi connectivity index (χ1) is 14.5. The second-order valence-electron chi connectivity index (χ2n) is 7.22. The average molecular weight is 443 g/mol. The van der Waals surface area contributed by atoms with Gasteiger partial charge in [-0.3, -0.25) is 4.79 Å².